The number of hydrogen-bond donors (Lipinski definition) is 2. The summed E-state index contributed by atoms with van der Waals surface area (Å²) in [6, 6.07) is 10.2. The highest BCUT2D eigenvalue weighted by molar-refractivity contribution is 7.13. The Hall–Kier alpha value is -3.00. The van der Waals surface area contributed by atoms with E-state index < -0.39 is 0 Å². The molecule has 1 aromatic carbocycles. The van der Waals surface area contributed by atoms with Crippen LogP contribution in [0.4, 0.5) is 17.8 Å². The molecule has 0 unspecified atom stereocenters. The fourth-order valence-electron chi connectivity index (χ4n) is 3.14. The Bertz CT molecular complexity index is 935. The third-order valence-corrected chi connectivity index (χ3v) is 5.58. The average Bonchev–Trinajstić information content (AvgIpc) is 3.45. The molecule has 4 rings (SSSR count). The van der Waals surface area contributed by atoms with Gasteiger partial charge in [0.1, 0.15) is 5.01 Å². The molecule has 0 aliphatic carbocycles. The van der Waals surface area contributed by atoms with Gasteiger partial charge in [-0.15, -0.1) is 17.9 Å². The maximum atomic E-state index is 4.73. The second kappa shape index (κ2) is 9.47. The van der Waals surface area contributed by atoms with Crippen LogP contribution in [-0.2, 0) is 6.54 Å². The molecule has 29 heavy (non-hydrogen) atoms. The van der Waals surface area contributed by atoms with Crippen molar-refractivity contribution < 1.29 is 0 Å². The number of nitrogens with zero attached hydrogens (tertiary/aromatic N) is 5. The van der Waals surface area contributed by atoms with E-state index in [0.29, 0.717) is 18.4 Å². The lowest BCUT2D eigenvalue weighted by atomic mass is 10.2. The maximum Gasteiger partial charge on any atom is 0.231 e. The molecule has 0 spiro atoms. The SMILES string of the molecule is C=CCCNc1nc(NCc2csc(-c3ccccc3)n2)nc(N2CCCC2)n1. The molecule has 0 atom stereocenters. The number of rotatable bonds is 9. The van der Waals surface area contributed by atoms with E-state index in [1.165, 1.54) is 12.8 Å². The van der Waals surface area contributed by atoms with Crippen molar-refractivity contribution in [2.24, 2.45) is 0 Å². The fourth-order valence-corrected chi connectivity index (χ4v) is 3.96. The number of aromatic nitrogens is 4. The minimum atomic E-state index is 0.567. The molecular formula is C21H25N7S. The van der Waals surface area contributed by atoms with Crippen LogP contribution < -0.4 is 15.5 Å². The maximum absolute atomic E-state index is 4.73. The lowest BCUT2D eigenvalue weighted by Gasteiger charge is -2.17. The zero-order valence-electron chi connectivity index (χ0n) is 16.3. The van der Waals surface area contributed by atoms with E-state index >= 15 is 0 Å². The Morgan fingerprint density at radius 1 is 1.00 bits per heavy atom. The Morgan fingerprint density at radius 2 is 1.76 bits per heavy atom. The van der Waals surface area contributed by atoms with Crippen LogP contribution >= 0.6 is 11.3 Å². The number of hydrogen-bond acceptors (Lipinski definition) is 8. The summed E-state index contributed by atoms with van der Waals surface area (Å²) in [5, 5.41) is 9.66. The van der Waals surface area contributed by atoms with Gasteiger partial charge in [-0.05, 0) is 19.3 Å². The van der Waals surface area contributed by atoms with Crippen molar-refractivity contribution in [3.05, 3.63) is 54.1 Å². The molecule has 0 saturated carbocycles. The summed E-state index contributed by atoms with van der Waals surface area (Å²) in [6.07, 6.45) is 5.08. The fraction of sp³-hybridized carbons (Fsp3) is 0.333. The summed E-state index contributed by atoms with van der Waals surface area (Å²) in [4.78, 5) is 20.7. The topological polar surface area (TPSA) is 78.9 Å². The monoisotopic (exact) mass is 407 g/mol. The largest absolute Gasteiger partial charge is 0.354 e. The summed E-state index contributed by atoms with van der Waals surface area (Å²) in [6.45, 7) is 7.05. The first-order chi connectivity index (χ1) is 14.3. The van der Waals surface area contributed by atoms with Crippen molar-refractivity contribution in [1.82, 2.24) is 19.9 Å². The molecular weight excluding hydrogens is 382 g/mol. The van der Waals surface area contributed by atoms with Crippen LogP contribution in [-0.4, -0.2) is 39.6 Å². The molecule has 1 saturated heterocycles. The smallest absolute Gasteiger partial charge is 0.231 e. The van der Waals surface area contributed by atoms with Crippen LogP contribution in [0.1, 0.15) is 25.0 Å². The summed E-state index contributed by atoms with van der Waals surface area (Å²) in [5.41, 5.74) is 2.10. The summed E-state index contributed by atoms with van der Waals surface area (Å²) >= 11 is 1.64. The molecule has 1 aliphatic rings. The van der Waals surface area contributed by atoms with Gasteiger partial charge in [-0.3, -0.25) is 0 Å². The van der Waals surface area contributed by atoms with Gasteiger partial charge in [-0.25, -0.2) is 4.98 Å². The van der Waals surface area contributed by atoms with Gasteiger partial charge in [-0.1, -0.05) is 36.4 Å². The van der Waals surface area contributed by atoms with Gasteiger partial charge in [0.2, 0.25) is 17.8 Å². The quantitative estimate of drug-likeness (QED) is 0.407. The molecule has 1 aliphatic heterocycles. The summed E-state index contributed by atoms with van der Waals surface area (Å²) < 4.78 is 0. The van der Waals surface area contributed by atoms with Crippen LogP contribution in [0.15, 0.2) is 48.4 Å². The third kappa shape index (κ3) is 5.08. The molecule has 3 heterocycles. The predicted octanol–water partition coefficient (Wildman–Crippen LogP) is 4.20. The van der Waals surface area contributed by atoms with Gasteiger partial charge in [0, 0.05) is 30.6 Å². The number of benzene rings is 1. The van der Waals surface area contributed by atoms with Crippen LogP contribution in [0, 0.1) is 0 Å². The number of anilines is 3. The predicted molar refractivity (Wildman–Crippen MR) is 119 cm³/mol. The minimum absolute atomic E-state index is 0.567. The first-order valence-corrected chi connectivity index (χ1v) is 10.8. The first kappa shape index (κ1) is 19.3. The minimum Gasteiger partial charge on any atom is -0.354 e. The Morgan fingerprint density at radius 3 is 2.52 bits per heavy atom. The highest BCUT2D eigenvalue weighted by Crippen LogP contribution is 2.24. The zero-order chi connectivity index (χ0) is 19.9. The number of nitrogens with one attached hydrogen (secondary N) is 2. The molecule has 150 valence electrons. The molecule has 2 N–H and O–H groups in total. The van der Waals surface area contributed by atoms with E-state index in [0.717, 1.165) is 48.3 Å². The van der Waals surface area contributed by atoms with E-state index in [9.17, 15) is 0 Å². The highest BCUT2D eigenvalue weighted by Gasteiger charge is 2.17. The molecule has 8 heteroatoms. The second-order valence-electron chi connectivity index (χ2n) is 6.84. The standard InChI is InChI=1S/C21H25N7S/c1-2-3-11-22-19-25-20(27-21(26-19)28-12-7-8-13-28)23-14-17-15-29-18(24-17)16-9-5-4-6-10-16/h2,4-6,9-10,15H,1,3,7-8,11-14H2,(H2,22,23,25,26,27). The average molecular weight is 408 g/mol. The van der Waals surface area contributed by atoms with Crippen molar-refractivity contribution in [1.29, 1.82) is 0 Å². The van der Waals surface area contributed by atoms with E-state index in [2.05, 4.69) is 54.6 Å². The highest BCUT2D eigenvalue weighted by atomic mass is 32.1. The van der Waals surface area contributed by atoms with Gasteiger partial charge in [0.25, 0.3) is 0 Å². The van der Waals surface area contributed by atoms with Crippen molar-refractivity contribution in [2.75, 3.05) is 35.2 Å². The Kier molecular flexibility index (Phi) is 6.31. The van der Waals surface area contributed by atoms with Crippen LogP contribution in [0.5, 0.6) is 0 Å². The van der Waals surface area contributed by atoms with Crippen molar-refractivity contribution >= 4 is 29.2 Å². The Labute approximate surface area is 175 Å². The van der Waals surface area contributed by atoms with Gasteiger partial charge >= 0.3 is 0 Å². The normalized spacial score (nSPS) is 13.4. The molecule has 3 aromatic rings. The zero-order valence-corrected chi connectivity index (χ0v) is 17.2. The molecule has 0 bridgehead atoms. The van der Waals surface area contributed by atoms with E-state index in [1.54, 1.807) is 11.3 Å². The van der Waals surface area contributed by atoms with Crippen LogP contribution in [0.25, 0.3) is 10.6 Å². The first-order valence-electron chi connectivity index (χ1n) is 9.91. The van der Waals surface area contributed by atoms with Crippen molar-refractivity contribution in [2.45, 2.75) is 25.8 Å². The van der Waals surface area contributed by atoms with E-state index in [-0.39, 0.29) is 0 Å². The van der Waals surface area contributed by atoms with Crippen molar-refractivity contribution in [3.63, 3.8) is 0 Å². The Balaban J connectivity index is 1.47. The molecule has 7 nitrogen and oxygen atoms in total. The van der Waals surface area contributed by atoms with Crippen LogP contribution in [0.3, 0.4) is 0 Å². The lowest BCUT2D eigenvalue weighted by molar-refractivity contribution is 0.870. The van der Waals surface area contributed by atoms with Crippen LogP contribution in [0.2, 0.25) is 0 Å². The second-order valence-corrected chi connectivity index (χ2v) is 7.70. The van der Waals surface area contributed by atoms with Crippen molar-refractivity contribution in [3.8, 4) is 10.6 Å². The molecule has 0 radical (unpaired) electrons. The van der Waals surface area contributed by atoms with E-state index in [1.807, 2.05) is 24.3 Å². The number of thiazole rings is 1. The molecule has 2 aromatic heterocycles. The summed E-state index contributed by atoms with van der Waals surface area (Å²) in [5.74, 6) is 1.89. The van der Waals surface area contributed by atoms with Gasteiger partial charge in [0.15, 0.2) is 0 Å². The van der Waals surface area contributed by atoms with Gasteiger partial charge in [0.05, 0.1) is 12.2 Å². The molecule has 0 amide bonds. The lowest BCUT2D eigenvalue weighted by Crippen LogP contribution is -2.22. The summed E-state index contributed by atoms with van der Waals surface area (Å²) in [7, 11) is 0. The van der Waals surface area contributed by atoms with Gasteiger partial charge in [-0.2, -0.15) is 15.0 Å². The van der Waals surface area contributed by atoms with E-state index in [4.69, 9.17) is 4.98 Å². The third-order valence-electron chi connectivity index (χ3n) is 4.64. The molecule has 1 fully saturated rings. The van der Waals surface area contributed by atoms with Gasteiger partial charge < -0.3 is 15.5 Å².